The minimum atomic E-state index is -0.727. The van der Waals surface area contributed by atoms with E-state index in [-0.39, 0.29) is 0 Å². The fourth-order valence-electron chi connectivity index (χ4n) is 1.89. The fraction of sp³-hybridized carbons (Fsp3) is 0.571. The summed E-state index contributed by atoms with van der Waals surface area (Å²) in [7, 11) is 0. The van der Waals surface area contributed by atoms with E-state index in [2.05, 4.69) is 29.8 Å². The second-order valence-corrected chi connectivity index (χ2v) is 5.89. The van der Waals surface area contributed by atoms with Crippen LogP contribution in [0, 0.1) is 5.92 Å². The molecule has 1 rings (SSSR count). The van der Waals surface area contributed by atoms with Crippen LogP contribution in [-0.2, 0) is 5.60 Å². The van der Waals surface area contributed by atoms with E-state index >= 15 is 0 Å². The predicted molar refractivity (Wildman–Crippen MR) is 72.4 cm³/mol. The minimum absolute atomic E-state index is 0.704. The van der Waals surface area contributed by atoms with Crippen molar-refractivity contribution in [3.8, 4) is 0 Å². The van der Waals surface area contributed by atoms with Gasteiger partial charge in [-0.15, -0.1) is 0 Å². The second kappa shape index (κ2) is 5.83. The van der Waals surface area contributed by atoms with E-state index in [0.717, 1.165) is 22.9 Å². The first-order valence-corrected chi connectivity index (χ1v) is 6.70. The van der Waals surface area contributed by atoms with Gasteiger partial charge in [-0.3, -0.25) is 0 Å². The van der Waals surface area contributed by atoms with Crippen LogP contribution < -0.4 is 0 Å². The summed E-state index contributed by atoms with van der Waals surface area (Å²) >= 11 is 3.49. The third-order valence-electron chi connectivity index (χ3n) is 2.90. The summed E-state index contributed by atoms with van der Waals surface area (Å²) in [5.74, 6) is 0.704. The molecule has 0 aliphatic rings. The van der Waals surface area contributed by atoms with Crippen LogP contribution in [0.1, 0.15) is 45.6 Å². The maximum absolute atomic E-state index is 10.4. The first-order valence-electron chi connectivity index (χ1n) is 5.91. The lowest BCUT2D eigenvalue weighted by atomic mass is 9.89. The van der Waals surface area contributed by atoms with Gasteiger partial charge in [-0.05, 0) is 37.3 Å². The molecule has 0 aliphatic carbocycles. The van der Waals surface area contributed by atoms with Gasteiger partial charge in [-0.1, -0.05) is 54.4 Å². The molecular formula is C14H21BrO. The summed E-state index contributed by atoms with van der Waals surface area (Å²) < 4.78 is 0.990. The van der Waals surface area contributed by atoms with Gasteiger partial charge in [0.2, 0.25) is 0 Å². The number of aliphatic hydroxyl groups is 1. The topological polar surface area (TPSA) is 20.2 Å². The maximum atomic E-state index is 10.4. The molecule has 0 bridgehead atoms. The van der Waals surface area contributed by atoms with E-state index < -0.39 is 5.60 Å². The zero-order valence-corrected chi connectivity index (χ0v) is 11.9. The summed E-state index contributed by atoms with van der Waals surface area (Å²) in [6.45, 7) is 6.33. The summed E-state index contributed by atoms with van der Waals surface area (Å²) in [6, 6.07) is 7.90. The van der Waals surface area contributed by atoms with Crippen molar-refractivity contribution in [2.45, 2.75) is 45.6 Å². The number of rotatable bonds is 5. The van der Waals surface area contributed by atoms with Crippen molar-refractivity contribution in [3.63, 3.8) is 0 Å². The largest absolute Gasteiger partial charge is 0.385 e. The van der Waals surface area contributed by atoms with Crippen LogP contribution in [0.5, 0.6) is 0 Å². The lowest BCUT2D eigenvalue weighted by molar-refractivity contribution is 0.0434. The van der Waals surface area contributed by atoms with Crippen LogP contribution in [0.3, 0.4) is 0 Å². The normalized spacial score (nSPS) is 15.1. The van der Waals surface area contributed by atoms with E-state index in [1.165, 1.54) is 6.42 Å². The SMILES string of the molecule is CC(C)CCCC(C)(O)c1ccccc1Br. The second-order valence-electron chi connectivity index (χ2n) is 5.04. The van der Waals surface area contributed by atoms with E-state index in [9.17, 15) is 5.11 Å². The quantitative estimate of drug-likeness (QED) is 0.845. The highest BCUT2D eigenvalue weighted by Gasteiger charge is 2.24. The first kappa shape index (κ1) is 13.7. The van der Waals surface area contributed by atoms with Crippen molar-refractivity contribution in [1.82, 2.24) is 0 Å². The Balaban J connectivity index is 2.66. The number of halogens is 1. The number of hydrogen-bond donors (Lipinski definition) is 1. The Morgan fingerprint density at radius 2 is 1.94 bits per heavy atom. The van der Waals surface area contributed by atoms with Crippen LogP contribution in [0.4, 0.5) is 0 Å². The molecule has 0 spiro atoms. The zero-order valence-electron chi connectivity index (χ0n) is 10.3. The van der Waals surface area contributed by atoms with Gasteiger partial charge >= 0.3 is 0 Å². The lowest BCUT2D eigenvalue weighted by Gasteiger charge is -2.25. The smallest absolute Gasteiger partial charge is 0.0879 e. The predicted octanol–water partition coefficient (Wildman–Crippen LogP) is 4.48. The molecule has 1 nitrogen and oxygen atoms in total. The standard InChI is InChI=1S/C14H21BrO/c1-11(2)7-6-10-14(3,16)12-8-4-5-9-13(12)15/h4-5,8-9,11,16H,6-7,10H2,1-3H3. The van der Waals surface area contributed by atoms with Crippen molar-refractivity contribution in [2.24, 2.45) is 5.92 Å². The van der Waals surface area contributed by atoms with Gasteiger partial charge in [0.25, 0.3) is 0 Å². The van der Waals surface area contributed by atoms with E-state index in [1.807, 2.05) is 31.2 Å². The van der Waals surface area contributed by atoms with Gasteiger partial charge in [0, 0.05) is 4.47 Å². The van der Waals surface area contributed by atoms with Gasteiger partial charge in [-0.25, -0.2) is 0 Å². The molecule has 90 valence electrons. The Hall–Kier alpha value is -0.340. The monoisotopic (exact) mass is 284 g/mol. The number of hydrogen-bond acceptors (Lipinski definition) is 1. The van der Waals surface area contributed by atoms with E-state index in [0.29, 0.717) is 5.92 Å². The van der Waals surface area contributed by atoms with Gasteiger partial charge in [0.15, 0.2) is 0 Å². The van der Waals surface area contributed by atoms with Gasteiger partial charge in [-0.2, -0.15) is 0 Å². The molecule has 0 fully saturated rings. The molecule has 1 unspecified atom stereocenters. The minimum Gasteiger partial charge on any atom is -0.385 e. The molecular weight excluding hydrogens is 264 g/mol. The molecule has 1 atom stereocenters. The molecule has 0 saturated carbocycles. The zero-order chi connectivity index (χ0) is 12.2. The molecule has 1 aromatic carbocycles. The third kappa shape index (κ3) is 3.91. The van der Waals surface area contributed by atoms with E-state index in [1.54, 1.807) is 0 Å². The molecule has 0 aliphatic heterocycles. The van der Waals surface area contributed by atoms with Crippen molar-refractivity contribution >= 4 is 15.9 Å². The number of benzene rings is 1. The molecule has 0 heterocycles. The summed E-state index contributed by atoms with van der Waals surface area (Å²) in [4.78, 5) is 0. The van der Waals surface area contributed by atoms with Crippen molar-refractivity contribution < 1.29 is 5.11 Å². The van der Waals surface area contributed by atoms with Crippen LogP contribution in [0.2, 0.25) is 0 Å². The van der Waals surface area contributed by atoms with Crippen molar-refractivity contribution in [3.05, 3.63) is 34.3 Å². The Kier molecular flexibility index (Phi) is 5.00. The summed E-state index contributed by atoms with van der Waals surface area (Å²) in [6.07, 6.45) is 3.04. The molecule has 1 aromatic rings. The Morgan fingerprint density at radius 1 is 1.31 bits per heavy atom. The van der Waals surface area contributed by atoms with Crippen LogP contribution >= 0.6 is 15.9 Å². The van der Waals surface area contributed by atoms with Crippen molar-refractivity contribution in [1.29, 1.82) is 0 Å². The van der Waals surface area contributed by atoms with Gasteiger partial charge in [0.05, 0.1) is 5.60 Å². The Morgan fingerprint density at radius 3 is 2.50 bits per heavy atom. The average Bonchev–Trinajstić information content (AvgIpc) is 2.17. The average molecular weight is 285 g/mol. The van der Waals surface area contributed by atoms with Crippen LogP contribution in [0.25, 0.3) is 0 Å². The van der Waals surface area contributed by atoms with Crippen LogP contribution in [0.15, 0.2) is 28.7 Å². The molecule has 0 amide bonds. The summed E-state index contributed by atoms with van der Waals surface area (Å²) in [5.41, 5.74) is 0.258. The molecule has 0 radical (unpaired) electrons. The molecule has 0 saturated heterocycles. The Bertz CT molecular complexity index is 331. The first-order chi connectivity index (χ1) is 7.43. The molecule has 0 aromatic heterocycles. The van der Waals surface area contributed by atoms with Gasteiger partial charge < -0.3 is 5.11 Å². The highest BCUT2D eigenvalue weighted by molar-refractivity contribution is 9.10. The highest BCUT2D eigenvalue weighted by atomic mass is 79.9. The van der Waals surface area contributed by atoms with Gasteiger partial charge in [0.1, 0.15) is 0 Å². The fourth-order valence-corrected chi connectivity index (χ4v) is 2.60. The lowest BCUT2D eigenvalue weighted by Crippen LogP contribution is -2.21. The molecule has 2 heteroatoms. The summed E-state index contributed by atoms with van der Waals surface area (Å²) in [5, 5.41) is 10.4. The van der Waals surface area contributed by atoms with Crippen LogP contribution in [-0.4, -0.2) is 5.11 Å². The van der Waals surface area contributed by atoms with Crippen molar-refractivity contribution in [2.75, 3.05) is 0 Å². The Labute approximate surface area is 107 Å². The third-order valence-corrected chi connectivity index (χ3v) is 3.59. The molecule has 1 N–H and O–H groups in total. The molecule has 16 heavy (non-hydrogen) atoms. The highest BCUT2D eigenvalue weighted by Crippen LogP contribution is 2.32. The van der Waals surface area contributed by atoms with E-state index in [4.69, 9.17) is 0 Å². The maximum Gasteiger partial charge on any atom is 0.0879 e.